The van der Waals surface area contributed by atoms with Crippen molar-refractivity contribution >= 4 is 14.1 Å². The lowest BCUT2D eigenvalue weighted by molar-refractivity contribution is 0.299. The molecule has 1 rings (SSSR count). The van der Waals surface area contributed by atoms with Crippen LogP contribution in [-0.4, -0.2) is 26.2 Å². The fourth-order valence-electron chi connectivity index (χ4n) is 2.20. The first-order valence-corrected chi connectivity index (χ1v) is 9.97. The highest BCUT2D eigenvalue weighted by Crippen LogP contribution is 2.24. The van der Waals surface area contributed by atoms with Gasteiger partial charge in [0.25, 0.3) is 0 Å². The van der Waals surface area contributed by atoms with Crippen molar-refractivity contribution in [1.29, 1.82) is 0 Å². The summed E-state index contributed by atoms with van der Waals surface area (Å²) in [5, 5.41) is 0. The quantitative estimate of drug-likeness (QED) is 0.705. The molecule has 0 amide bonds. The predicted molar refractivity (Wildman–Crippen MR) is 80.9 cm³/mol. The fraction of sp³-hybridized carbons (Fsp3) is 0.467. The van der Waals surface area contributed by atoms with E-state index >= 15 is 0 Å². The van der Waals surface area contributed by atoms with Gasteiger partial charge in [-0.3, -0.25) is 0 Å². The normalized spacial score (nSPS) is 13.8. The van der Waals surface area contributed by atoms with Gasteiger partial charge in [-0.1, -0.05) is 56.6 Å². The molecule has 94 valence electrons. The molecule has 1 nitrogen and oxygen atoms in total. The molecule has 1 aromatic carbocycles. The van der Waals surface area contributed by atoms with Gasteiger partial charge in [0.15, 0.2) is 0 Å². The highest BCUT2D eigenvalue weighted by molar-refractivity contribution is 6.76. The Labute approximate surface area is 107 Å². The molecule has 1 aromatic rings. The van der Waals surface area contributed by atoms with E-state index in [1.165, 1.54) is 17.3 Å². The van der Waals surface area contributed by atoms with Crippen molar-refractivity contribution in [1.82, 2.24) is 4.90 Å². The molecule has 0 aliphatic rings. The van der Waals surface area contributed by atoms with Crippen molar-refractivity contribution in [3.8, 4) is 0 Å². The molecule has 0 aliphatic heterocycles. The summed E-state index contributed by atoms with van der Waals surface area (Å²) in [4.78, 5) is 2.47. The van der Waals surface area contributed by atoms with Crippen LogP contribution >= 0.6 is 0 Å². The van der Waals surface area contributed by atoms with E-state index in [1.807, 2.05) is 6.08 Å². The number of hydrogen-bond acceptors (Lipinski definition) is 1. The molecule has 1 atom stereocenters. The van der Waals surface area contributed by atoms with E-state index in [4.69, 9.17) is 0 Å². The largest absolute Gasteiger partial charge is 0.302 e. The lowest BCUT2D eigenvalue weighted by atomic mass is 10.0. The summed E-state index contributed by atoms with van der Waals surface area (Å²) in [5.41, 5.74) is 2.63. The molecule has 1 unspecified atom stereocenters. The van der Waals surface area contributed by atoms with Gasteiger partial charge in [0, 0.05) is 6.04 Å². The van der Waals surface area contributed by atoms with Crippen molar-refractivity contribution in [2.24, 2.45) is 0 Å². The highest BCUT2D eigenvalue weighted by Gasteiger charge is 2.21. The monoisotopic (exact) mass is 247 g/mol. The lowest BCUT2D eigenvalue weighted by Gasteiger charge is -2.31. The molecule has 0 heterocycles. The Kier molecular flexibility index (Phi) is 4.72. The molecule has 0 aliphatic carbocycles. The summed E-state index contributed by atoms with van der Waals surface area (Å²) in [7, 11) is 1.18. The maximum atomic E-state index is 3.90. The van der Waals surface area contributed by atoms with E-state index in [2.05, 4.69) is 69.4 Å². The maximum Gasteiger partial charge on any atom is 0.0599 e. The summed E-state index contributed by atoms with van der Waals surface area (Å²) in [6.45, 7) is 13.4. The second kappa shape index (κ2) is 5.65. The topological polar surface area (TPSA) is 3.24 Å². The first-order valence-electron chi connectivity index (χ1n) is 6.27. The van der Waals surface area contributed by atoms with E-state index < -0.39 is 8.07 Å². The van der Waals surface area contributed by atoms with Crippen LogP contribution in [0.5, 0.6) is 0 Å². The van der Waals surface area contributed by atoms with E-state index in [0.717, 1.165) is 0 Å². The van der Waals surface area contributed by atoms with Crippen LogP contribution in [0.2, 0.25) is 19.6 Å². The average Bonchev–Trinajstić information content (AvgIpc) is 2.25. The molecule has 0 bridgehead atoms. The molecule has 2 heteroatoms. The van der Waals surface area contributed by atoms with Gasteiger partial charge in [-0.2, -0.15) is 0 Å². The van der Waals surface area contributed by atoms with E-state index in [0.29, 0.717) is 6.04 Å². The van der Waals surface area contributed by atoms with Gasteiger partial charge in [0.2, 0.25) is 0 Å². The third-order valence-corrected chi connectivity index (χ3v) is 4.50. The molecule has 0 aromatic heterocycles. The Morgan fingerprint density at radius 1 is 1.29 bits per heavy atom. The van der Waals surface area contributed by atoms with E-state index in [9.17, 15) is 0 Å². The lowest BCUT2D eigenvalue weighted by Crippen LogP contribution is -2.39. The SMILES string of the molecule is C=Cc1ccccc1C(C)N(C)C[Si](C)(C)C. The fourth-order valence-corrected chi connectivity index (χ4v) is 3.97. The zero-order valence-corrected chi connectivity index (χ0v) is 12.8. The van der Waals surface area contributed by atoms with Crippen molar-refractivity contribution in [2.45, 2.75) is 32.6 Å². The third-order valence-electron chi connectivity index (χ3n) is 3.05. The smallest absolute Gasteiger partial charge is 0.0599 e. The molecule has 17 heavy (non-hydrogen) atoms. The summed E-state index contributed by atoms with van der Waals surface area (Å²) in [6, 6.07) is 8.99. The molecular formula is C15H25NSi. The highest BCUT2D eigenvalue weighted by atomic mass is 28.3. The molecule has 0 fully saturated rings. The van der Waals surface area contributed by atoms with Crippen molar-refractivity contribution in [3.05, 3.63) is 42.0 Å². The van der Waals surface area contributed by atoms with Crippen molar-refractivity contribution in [3.63, 3.8) is 0 Å². The van der Waals surface area contributed by atoms with Crippen LogP contribution in [0.1, 0.15) is 24.1 Å². The second-order valence-electron chi connectivity index (χ2n) is 5.98. The van der Waals surface area contributed by atoms with Crippen LogP contribution in [-0.2, 0) is 0 Å². The van der Waals surface area contributed by atoms with Gasteiger partial charge in [0.05, 0.1) is 8.07 Å². The van der Waals surface area contributed by atoms with Gasteiger partial charge in [0.1, 0.15) is 0 Å². The number of nitrogens with zero attached hydrogens (tertiary/aromatic N) is 1. The Morgan fingerprint density at radius 2 is 1.88 bits per heavy atom. The Balaban J connectivity index is 2.88. The predicted octanol–water partition coefficient (Wildman–Crippen LogP) is 4.20. The summed E-state index contributed by atoms with van der Waals surface area (Å²) in [5.74, 6) is 0. The van der Waals surface area contributed by atoms with Crippen LogP contribution in [0.4, 0.5) is 0 Å². The minimum atomic E-state index is -1.04. The van der Waals surface area contributed by atoms with Crippen molar-refractivity contribution < 1.29 is 0 Å². The Morgan fingerprint density at radius 3 is 2.41 bits per heavy atom. The molecule has 0 radical (unpaired) electrons. The van der Waals surface area contributed by atoms with Gasteiger partial charge in [-0.15, -0.1) is 0 Å². The summed E-state index contributed by atoms with van der Waals surface area (Å²) < 4.78 is 0. The van der Waals surface area contributed by atoms with Gasteiger partial charge in [-0.05, 0) is 31.3 Å². The summed E-state index contributed by atoms with van der Waals surface area (Å²) in [6.07, 6.45) is 3.17. The van der Waals surface area contributed by atoms with Gasteiger partial charge < -0.3 is 4.90 Å². The zero-order chi connectivity index (χ0) is 13.1. The number of hydrogen-bond donors (Lipinski definition) is 0. The molecule has 0 saturated carbocycles. The minimum Gasteiger partial charge on any atom is -0.302 e. The van der Waals surface area contributed by atoms with Crippen LogP contribution in [0.15, 0.2) is 30.8 Å². The van der Waals surface area contributed by atoms with E-state index in [1.54, 1.807) is 0 Å². The molecule has 0 saturated heterocycles. The Hall–Kier alpha value is -0.863. The standard InChI is InChI=1S/C15H25NSi/c1-7-14-10-8-9-11-15(14)13(2)16(3)12-17(4,5)6/h7-11,13H,1,12H2,2-6H3. The van der Waals surface area contributed by atoms with Gasteiger partial charge >= 0.3 is 0 Å². The van der Waals surface area contributed by atoms with Crippen LogP contribution in [0.25, 0.3) is 6.08 Å². The molecular weight excluding hydrogens is 222 g/mol. The third kappa shape index (κ3) is 4.13. The molecule has 0 N–H and O–H groups in total. The minimum absolute atomic E-state index is 0.455. The molecule has 0 spiro atoms. The van der Waals surface area contributed by atoms with E-state index in [-0.39, 0.29) is 0 Å². The summed E-state index contributed by atoms with van der Waals surface area (Å²) >= 11 is 0. The zero-order valence-electron chi connectivity index (χ0n) is 11.8. The maximum absolute atomic E-state index is 3.90. The van der Waals surface area contributed by atoms with Crippen LogP contribution in [0, 0.1) is 0 Å². The van der Waals surface area contributed by atoms with Gasteiger partial charge in [-0.25, -0.2) is 0 Å². The average molecular weight is 247 g/mol. The first-order chi connectivity index (χ1) is 7.85. The first kappa shape index (κ1) is 14.2. The van der Waals surface area contributed by atoms with Crippen molar-refractivity contribution in [2.75, 3.05) is 13.2 Å². The second-order valence-corrected chi connectivity index (χ2v) is 11.4. The van der Waals surface area contributed by atoms with Crippen LogP contribution < -0.4 is 0 Å². The number of benzene rings is 1. The van der Waals surface area contributed by atoms with Crippen LogP contribution in [0.3, 0.4) is 0 Å². The Bertz CT molecular complexity index is 379. The number of rotatable bonds is 5.